The number of benzene rings is 1. The summed E-state index contributed by atoms with van der Waals surface area (Å²) in [5.41, 5.74) is 1.66. The predicted molar refractivity (Wildman–Crippen MR) is 156 cm³/mol. The Labute approximate surface area is 243 Å². The van der Waals surface area contributed by atoms with E-state index in [1.54, 1.807) is 9.80 Å². The molecule has 1 aromatic heterocycles. The smallest absolute Gasteiger partial charge is 0.405 e. The SMILES string of the molecule is CC(C)C[C@@H](NC(=O)C(C)(C)NC(=O)O)C(=O)NC1Cc2cccc(N3CCCC3=O)c2N(Cc2ccsc2)C1=O. The second-order valence-corrected chi connectivity index (χ2v) is 12.2. The lowest BCUT2D eigenvalue weighted by Crippen LogP contribution is -2.61. The highest BCUT2D eigenvalue weighted by atomic mass is 32.1. The van der Waals surface area contributed by atoms with Crippen LogP contribution in [0.2, 0.25) is 0 Å². The number of amides is 5. The molecular weight excluding hydrogens is 546 g/mol. The fourth-order valence-electron chi connectivity index (χ4n) is 5.25. The molecule has 220 valence electrons. The zero-order chi connectivity index (χ0) is 29.9. The van der Waals surface area contributed by atoms with Gasteiger partial charge in [0.1, 0.15) is 17.6 Å². The third kappa shape index (κ3) is 6.87. The minimum Gasteiger partial charge on any atom is -0.465 e. The largest absolute Gasteiger partial charge is 0.465 e. The van der Waals surface area contributed by atoms with Crippen LogP contribution < -0.4 is 25.8 Å². The number of fused-ring (bicyclic) bond motifs is 1. The number of nitrogens with zero attached hydrogens (tertiary/aromatic N) is 2. The molecule has 11 nitrogen and oxygen atoms in total. The van der Waals surface area contributed by atoms with E-state index in [-0.39, 0.29) is 37.1 Å². The number of carbonyl (C=O) groups is 5. The summed E-state index contributed by atoms with van der Waals surface area (Å²) in [7, 11) is 0. The highest BCUT2D eigenvalue weighted by Gasteiger charge is 2.39. The Balaban J connectivity index is 1.62. The Bertz CT molecular complexity index is 1320. The van der Waals surface area contributed by atoms with Crippen LogP contribution in [-0.2, 0) is 32.1 Å². The van der Waals surface area contributed by atoms with Crippen LogP contribution in [0.15, 0.2) is 35.0 Å². The maximum Gasteiger partial charge on any atom is 0.405 e. The van der Waals surface area contributed by atoms with Crippen molar-refractivity contribution in [2.45, 2.75) is 77.5 Å². The highest BCUT2D eigenvalue weighted by molar-refractivity contribution is 7.07. The van der Waals surface area contributed by atoms with E-state index >= 15 is 0 Å². The zero-order valence-corrected chi connectivity index (χ0v) is 24.5. The van der Waals surface area contributed by atoms with Gasteiger partial charge in [-0.25, -0.2) is 4.79 Å². The standard InChI is InChI=1S/C29H37N5O6S/c1-17(2)13-20(31-27(38)29(3,4)32-28(39)40)25(36)30-21-14-19-7-5-8-22(33-11-6-9-23(33)35)24(19)34(26(21)37)15-18-10-12-41-16-18/h5,7-8,10,12,16-17,20-21,32H,6,9,11,13-15H2,1-4H3,(H,30,36)(H,31,38)(H,39,40)/t20-,21?/m1/s1. The second kappa shape index (κ2) is 12.3. The van der Waals surface area contributed by atoms with E-state index in [4.69, 9.17) is 5.11 Å². The van der Waals surface area contributed by atoms with Crippen LogP contribution >= 0.6 is 11.3 Å². The third-order valence-electron chi connectivity index (χ3n) is 7.27. The first-order valence-electron chi connectivity index (χ1n) is 13.7. The summed E-state index contributed by atoms with van der Waals surface area (Å²) in [6.07, 6.45) is 0.369. The number of para-hydroxylation sites is 1. The first-order chi connectivity index (χ1) is 19.4. The molecule has 2 aliphatic rings. The van der Waals surface area contributed by atoms with Crippen molar-refractivity contribution in [1.82, 2.24) is 16.0 Å². The molecule has 2 atom stereocenters. The van der Waals surface area contributed by atoms with E-state index in [0.29, 0.717) is 24.3 Å². The Morgan fingerprint density at radius 1 is 1.17 bits per heavy atom. The van der Waals surface area contributed by atoms with Gasteiger partial charge in [0.15, 0.2) is 0 Å². The average Bonchev–Trinajstić information content (AvgIpc) is 3.56. The summed E-state index contributed by atoms with van der Waals surface area (Å²) in [5.74, 6) is -1.44. The van der Waals surface area contributed by atoms with Crippen molar-refractivity contribution in [3.05, 3.63) is 46.2 Å². The monoisotopic (exact) mass is 583 g/mol. The number of anilines is 2. The summed E-state index contributed by atoms with van der Waals surface area (Å²) in [5, 5.41) is 20.7. The molecule has 3 heterocycles. The number of hydrogen-bond acceptors (Lipinski definition) is 6. The Hall–Kier alpha value is -3.93. The van der Waals surface area contributed by atoms with Crippen LogP contribution in [0, 0.1) is 5.92 Å². The molecule has 12 heteroatoms. The van der Waals surface area contributed by atoms with Crippen molar-refractivity contribution in [3.8, 4) is 0 Å². The van der Waals surface area contributed by atoms with Crippen LogP contribution in [-0.4, -0.2) is 59.0 Å². The maximum atomic E-state index is 14.0. The van der Waals surface area contributed by atoms with E-state index in [0.717, 1.165) is 17.5 Å². The summed E-state index contributed by atoms with van der Waals surface area (Å²) in [4.78, 5) is 67.6. The van der Waals surface area contributed by atoms with Gasteiger partial charge in [-0.05, 0) is 66.6 Å². The lowest BCUT2D eigenvalue weighted by atomic mass is 9.94. The van der Waals surface area contributed by atoms with Gasteiger partial charge in [0, 0.05) is 19.4 Å². The molecule has 5 amide bonds. The topological polar surface area (TPSA) is 148 Å². The van der Waals surface area contributed by atoms with Crippen molar-refractivity contribution >= 4 is 52.4 Å². The molecule has 2 aliphatic heterocycles. The van der Waals surface area contributed by atoms with Gasteiger partial charge >= 0.3 is 6.09 Å². The average molecular weight is 584 g/mol. The van der Waals surface area contributed by atoms with E-state index in [1.165, 1.54) is 25.2 Å². The number of carboxylic acid groups (broad SMARTS) is 1. The molecule has 1 fully saturated rings. The van der Waals surface area contributed by atoms with Crippen LogP contribution in [0.4, 0.5) is 16.2 Å². The van der Waals surface area contributed by atoms with Crippen LogP contribution in [0.5, 0.6) is 0 Å². The van der Waals surface area contributed by atoms with Gasteiger partial charge in [-0.1, -0.05) is 26.0 Å². The second-order valence-electron chi connectivity index (χ2n) is 11.5. The third-order valence-corrected chi connectivity index (χ3v) is 8.01. The number of rotatable bonds is 10. The first-order valence-corrected chi connectivity index (χ1v) is 14.7. The van der Waals surface area contributed by atoms with E-state index in [9.17, 15) is 24.0 Å². The van der Waals surface area contributed by atoms with Crippen molar-refractivity contribution < 1.29 is 29.1 Å². The van der Waals surface area contributed by atoms with Gasteiger partial charge in [0.25, 0.3) is 0 Å². The number of hydrogen-bond donors (Lipinski definition) is 4. The minimum absolute atomic E-state index is 0.0179. The quantitative estimate of drug-likeness (QED) is 0.338. The molecular formula is C29H37N5O6S. The first kappa shape index (κ1) is 30.0. The summed E-state index contributed by atoms with van der Waals surface area (Å²) < 4.78 is 0. The molecule has 41 heavy (non-hydrogen) atoms. The molecule has 1 aromatic carbocycles. The molecule has 0 spiro atoms. The van der Waals surface area contributed by atoms with Crippen molar-refractivity contribution in [3.63, 3.8) is 0 Å². The van der Waals surface area contributed by atoms with Gasteiger partial charge in [-0.2, -0.15) is 11.3 Å². The van der Waals surface area contributed by atoms with Gasteiger partial charge in [0.2, 0.25) is 23.6 Å². The molecule has 1 unspecified atom stereocenters. The molecule has 0 bridgehead atoms. The fraction of sp³-hybridized carbons (Fsp3) is 0.483. The number of nitrogens with one attached hydrogen (secondary N) is 3. The maximum absolute atomic E-state index is 14.0. The number of thiophene rings is 1. The van der Waals surface area contributed by atoms with Gasteiger partial charge < -0.3 is 30.9 Å². The molecule has 0 aliphatic carbocycles. The molecule has 1 saturated heterocycles. The number of carbonyl (C=O) groups excluding carboxylic acids is 4. The van der Waals surface area contributed by atoms with Crippen molar-refractivity contribution in [2.75, 3.05) is 16.3 Å². The lowest BCUT2D eigenvalue weighted by Gasteiger charge is -2.38. The zero-order valence-electron chi connectivity index (χ0n) is 23.7. The van der Waals surface area contributed by atoms with Crippen molar-refractivity contribution in [2.24, 2.45) is 5.92 Å². The highest BCUT2D eigenvalue weighted by Crippen LogP contribution is 2.40. The summed E-state index contributed by atoms with van der Waals surface area (Å²) in [6, 6.07) is 5.68. The molecule has 0 radical (unpaired) electrons. The Kier molecular flexibility index (Phi) is 9.01. The predicted octanol–water partition coefficient (Wildman–Crippen LogP) is 3.03. The lowest BCUT2D eigenvalue weighted by molar-refractivity contribution is -0.133. The van der Waals surface area contributed by atoms with E-state index < -0.39 is 35.5 Å². The Morgan fingerprint density at radius 3 is 2.54 bits per heavy atom. The molecule has 4 N–H and O–H groups in total. The summed E-state index contributed by atoms with van der Waals surface area (Å²) >= 11 is 1.52. The Morgan fingerprint density at radius 2 is 1.93 bits per heavy atom. The van der Waals surface area contributed by atoms with Crippen LogP contribution in [0.1, 0.15) is 58.1 Å². The minimum atomic E-state index is -1.47. The summed E-state index contributed by atoms with van der Waals surface area (Å²) in [6.45, 7) is 7.49. The van der Waals surface area contributed by atoms with E-state index in [2.05, 4.69) is 16.0 Å². The van der Waals surface area contributed by atoms with Gasteiger partial charge in [-0.3, -0.25) is 19.2 Å². The molecule has 2 aromatic rings. The van der Waals surface area contributed by atoms with Crippen molar-refractivity contribution in [1.29, 1.82) is 0 Å². The van der Waals surface area contributed by atoms with Gasteiger partial charge in [0.05, 0.1) is 17.9 Å². The molecule has 0 saturated carbocycles. The normalized spacial score (nSPS) is 17.8. The fourth-order valence-corrected chi connectivity index (χ4v) is 5.91. The van der Waals surface area contributed by atoms with Gasteiger partial charge in [-0.15, -0.1) is 0 Å². The van der Waals surface area contributed by atoms with Crippen LogP contribution in [0.3, 0.4) is 0 Å². The molecule has 4 rings (SSSR count). The van der Waals surface area contributed by atoms with Crippen LogP contribution in [0.25, 0.3) is 0 Å². The van der Waals surface area contributed by atoms with E-state index in [1.807, 2.05) is 48.9 Å².